The first-order valence-corrected chi connectivity index (χ1v) is 20.2. The van der Waals surface area contributed by atoms with Crippen LogP contribution in [0.2, 0.25) is 0 Å². The summed E-state index contributed by atoms with van der Waals surface area (Å²) in [6.07, 6.45) is 19.0. The fourth-order valence-electron chi connectivity index (χ4n) is 6.32. The smallest absolute Gasteiger partial charge is 0.408 e. The zero-order valence-electron chi connectivity index (χ0n) is 32.8. The Balaban J connectivity index is 1.41. The molecule has 2 atom stereocenters. The Hall–Kier alpha value is -4.42. The zero-order chi connectivity index (χ0) is 39.0. The van der Waals surface area contributed by atoms with E-state index in [2.05, 4.69) is 32.2 Å². The van der Waals surface area contributed by atoms with E-state index >= 15 is 0 Å². The zero-order valence-corrected chi connectivity index (χ0v) is 32.8. The van der Waals surface area contributed by atoms with Crippen LogP contribution in [0.15, 0.2) is 35.1 Å². The third kappa shape index (κ3) is 17.6. The maximum Gasteiger partial charge on any atom is 0.408 e. The lowest BCUT2D eigenvalue weighted by Gasteiger charge is -2.21. The number of nitrogens with one attached hydrogen (secondary N) is 3. The van der Waals surface area contributed by atoms with Crippen LogP contribution in [-0.4, -0.2) is 57.2 Å². The molecule has 0 aliphatic carbocycles. The van der Waals surface area contributed by atoms with Gasteiger partial charge in [0.25, 0.3) is 5.56 Å². The normalized spacial score (nSPS) is 12.4. The molecule has 0 spiro atoms. The van der Waals surface area contributed by atoms with Gasteiger partial charge < -0.3 is 30.2 Å². The van der Waals surface area contributed by atoms with Crippen molar-refractivity contribution in [3.8, 4) is 0 Å². The number of unbranched alkanes of at least 4 members (excludes halogenated alkanes) is 14. The monoisotopic (exact) mass is 752 g/mol. The van der Waals surface area contributed by atoms with Gasteiger partial charge in [0.05, 0.1) is 13.2 Å². The van der Waals surface area contributed by atoms with E-state index in [0.29, 0.717) is 25.1 Å². The maximum absolute atomic E-state index is 13.1. The number of aromatic amines is 2. The van der Waals surface area contributed by atoms with Gasteiger partial charge in [0, 0.05) is 18.8 Å². The molecule has 3 rings (SSSR count). The molecule has 13 heteroatoms. The van der Waals surface area contributed by atoms with Crippen LogP contribution >= 0.6 is 0 Å². The minimum absolute atomic E-state index is 0.00999. The lowest BCUT2D eigenvalue weighted by atomic mass is 10.0. The van der Waals surface area contributed by atoms with Gasteiger partial charge in [0.1, 0.15) is 18.5 Å². The minimum Gasteiger partial charge on any atom is -0.465 e. The number of carbonyl (C=O) groups is 3. The number of aromatic nitrogens is 4. The van der Waals surface area contributed by atoms with Crippen molar-refractivity contribution in [2.75, 3.05) is 18.9 Å². The number of nitrogens with two attached hydrogens (primary N) is 1. The van der Waals surface area contributed by atoms with Gasteiger partial charge in [0.2, 0.25) is 5.95 Å². The number of H-pyrrole nitrogens is 2. The molecule has 1 amide bonds. The molecule has 0 aliphatic heterocycles. The van der Waals surface area contributed by atoms with Crippen LogP contribution in [0.25, 0.3) is 11.2 Å². The average Bonchev–Trinajstić information content (AvgIpc) is 3.56. The molecular formula is C41H64N6O7. The number of hydrogen-bond acceptors (Lipinski definition) is 10. The molecule has 300 valence electrons. The second-order valence-corrected chi connectivity index (χ2v) is 14.7. The van der Waals surface area contributed by atoms with Gasteiger partial charge in [-0.15, -0.1) is 0 Å². The summed E-state index contributed by atoms with van der Waals surface area (Å²) in [6, 6.07) is 8.33. The highest BCUT2D eigenvalue weighted by atomic mass is 16.6. The minimum atomic E-state index is -0.918. The van der Waals surface area contributed by atoms with Gasteiger partial charge in [-0.3, -0.25) is 14.6 Å². The Morgan fingerprint density at radius 3 is 2.02 bits per heavy atom. The van der Waals surface area contributed by atoms with Crippen molar-refractivity contribution in [2.45, 2.75) is 149 Å². The quantitative estimate of drug-likeness (QED) is 0.0320. The third-order valence-corrected chi connectivity index (χ3v) is 9.55. The van der Waals surface area contributed by atoms with Gasteiger partial charge in [-0.2, -0.15) is 4.98 Å². The van der Waals surface area contributed by atoms with Crippen LogP contribution in [-0.2, 0) is 36.8 Å². The SMILES string of the molecule is CCCCCCCCCCCCCCCCCC(=O)OCC(CCOC(=O)[C@@H](NC(=O)OCc1ccccc1)C(C)C)Cc1nc2nc(N)[nH]c(=O)c2[nH]1. The summed E-state index contributed by atoms with van der Waals surface area (Å²) in [6.45, 7) is 6.02. The van der Waals surface area contributed by atoms with Gasteiger partial charge in [-0.25, -0.2) is 14.6 Å². The number of esters is 2. The Bertz CT molecular complexity index is 1570. The lowest BCUT2D eigenvalue weighted by Crippen LogP contribution is -2.45. The number of fused-ring (bicyclic) bond motifs is 1. The number of imidazole rings is 1. The van der Waals surface area contributed by atoms with Crippen LogP contribution in [0.5, 0.6) is 0 Å². The Morgan fingerprint density at radius 1 is 0.796 bits per heavy atom. The first-order chi connectivity index (χ1) is 26.2. The van der Waals surface area contributed by atoms with Gasteiger partial charge in [0.15, 0.2) is 11.2 Å². The van der Waals surface area contributed by atoms with Crippen molar-refractivity contribution in [3.05, 3.63) is 52.1 Å². The topological polar surface area (TPSA) is 191 Å². The molecule has 0 saturated carbocycles. The Labute approximate surface area is 320 Å². The lowest BCUT2D eigenvalue weighted by molar-refractivity contribution is -0.149. The van der Waals surface area contributed by atoms with Crippen molar-refractivity contribution in [3.63, 3.8) is 0 Å². The first kappa shape index (κ1) is 44.0. The summed E-state index contributed by atoms with van der Waals surface area (Å²) in [5.41, 5.74) is 6.45. The number of hydrogen-bond donors (Lipinski definition) is 4. The number of amides is 1. The number of anilines is 1. The van der Waals surface area contributed by atoms with E-state index in [1.165, 1.54) is 77.0 Å². The molecule has 5 N–H and O–H groups in total. The van der Waals surface area contributed by atoms with Crippen LogP contribution in [0.1, 0.15) is 141 Å². The van der Waals surface area contributed by atoms with Crippen LogP contribution < -0.4 is 16.6 Å². The standard InChI is InChI=1S/C41H64N6O7/c1-4-5-6-7-8-9-10-11-12-13-14-15-16-17-21-24-34(48)53-29-32(27-33-43-36-37(44-33)46-40(42)47-38(36)49)25-26-52-39(50)35(30(2)3)45-41(51)54-28-31-22-19-18-20-23-31/h18-20,22-23,30,32,35H,4-17,21,24-29H2,1-3H3,(H,45,51)(H4,42,43,44,46,47,49)/t32?,35-/m0/s1. The molecule has 3 aromatic rings. The summed E-state index contributed by atoms with van der Waals surface area (Å²) in [4.78, 5) is 64.5. The Kier molecular flexibility index (Phi) is 20.8. The molecule has 0 aliphatic rings. The van der Waals surface area contributed by atoms with Gasteiger partial charge in [-0.05, 0) is 24.3 Å². The number of rotatable bonds is 28. The summed E-state index contributed by atoms with van der Waals surface area (Å²) in [7, 11) is 0. The largest absolute Gasteiger partial charge is 0.465 e. The highest BCUT2D eigenvalue weighted by molar-refractivity contribution is 5.81. The molecule has 0 saturated heterocycles. The van der Waals surface area contributed by atoms with E-state index in [1.54, 1.807) is 13.8 Å². The van der Waals surface area contributed by atoms with Crippen LogP contribution in [0.3, 0.4) is 0 Å². The summed E-state index contributed by atoms with van der Waals surface area (Å²) in [5, 5.41) is 2.61. The fourth-order valence-corrected chi connectivity index (χ4v) is 6.32. The van der Waals surface area contributed by atoms with Crippen molar-refractivity contribution >= 4 is 35.1 Å². The van der Waals surface area contributed by atoms with E-state index in [-0.39, 0.29) is 54.7 Å². The molecule has 2 heterocycles. The summed E-state index contributed by atoms with van der Waals surface area (Å²) >= 11 is 0. The fraction of sp³-hybridized carbons (Fsp3) is 0.659. The predicted molar refractivity (Wildman–Crippen MR) is 211 cm³/mol. The van der Waals surface area contributed by atoms with Crippen LogP contribution in [0.4, 0.5) is 10.7 Å². The molecule has 2 aromatic heterocycles. The molecule has 13 nitrogen and oxygen atoms in total. The van der Waals surface area contributed by atoms with Crippen LogP contribution in [0, 0.1) is 11.8 Å². The van der Waals surface area contributed by atoms with E-state index in [4.69, 9.17) is 19.9 Å². The molecule has 0 fully saturated rings. The molecule has 1 unspecified atom stereocenters. The van der Waals surface area contributed by atoms with Crippen molar-refractivity contribution < 1.29 is 28.6 Å². The molecule has 0 bridgehead atoms. The van der Waals surface area contributed by atoms with E-state index in [9.17, 15) is 19.2 Å². The number of nitrogen functional groups attached to an aromatic ring is 1. The second kappa shape index (κ2) is 25.6. The van der Waals surface area contributed by atoms with E-state index in [1.807, 2.05) is 30.3 Å². The molecular weight excluding hydrogens is 688 g/mol. The number of carbonyl (C=O) groups excluding carboxylic acids is 3. The second-order valence-electron chi connectivity index (χ2n) is 14.7. The number of ether oxygens (including phenoxy) is 3. The van der Waals surface area contributed by atoms with E-state index < -0.39 is 23.7 Å². The van der Waals surface area contributed by atoms with E-state index in [0.717, 1.165) is 24.8 Å². The van der Waals surface area contributed by atoms with Gasteiger partial charge >= 0.3 is 18.0 Å². The maximum atomic E-state index is 13.1. The van der Waals surface area contributed by atoms with Gasteiger partial charge in [-0.1, -0.05) is 141 Å². The third-order valence-electron chi connectivity index (χ3n) is 9.55. The van der Waals surface area contributed by atoms with Crippen molar-refractivity contribution in [1.29, 1.82) is 0 Å². The average molecular weight is 753 g/mol. The highest BCUT2D eigenvalue weighted by Gasteiger charge is 2.27. The molecule has 54 heavy (non-hydrogen) atoms. The predicted octanol–water partition coefficient (Wildman–Crippen LogP) is 8.08. The first-order valence-electron chi connectivity index (χ1n) is 20.2. The van der Waals surface area contributed by atoms with Crippen molar-refractivity contribution in [1.82, 2.24) is 25.3 Å². The number of nitrogens with zero attached hydrogens (tertiary/aromatic N) is 2. The Morgan fingerprint density at radius 2 is 1.41 bits per heavy atom. The summed E-state index contributed by atoms with van der Waals surface area (Å²) < 4.78 is 16.6. The summed E-state index contributed by atoms with van der Waals surface area (Å²) in [5.74, 6) is -1.00. The highest BCUT2D eigenvalue weighted by Crippen LogP contribution is 2.17. The number of alkyl carbamates (subject to hydrolysis) is 1. The number of benzene rings is 1. The molecule has 0 radical (unpaired) electrons. The van der Waals surface area contributed by atoms with Crippen molar-refractivity contribution in [2.24, 2.45) is 11.8 Å². The molecule has 1 aromatic carbocycles.